The summed E-state index contributed by atoms with van der Waals surface area (Å²) in [7, 11) is 0. The van der Waals surface area contributed by atoms with Crippen LogP contribution in [0.15, 0.2) is 16.6 Å². The zero-order valence-corrected chi connectivity index (χ0v) is 9.01. The smallest absolute Gasteiger partial charge is 0.337 e. The van der Waals surface area contributed by atoms with Crippen molar-refractivity contribution in [2.75, 3.05) is 0 Å². The van der Waals surface area contributed by atoms with Crippen molar-refractivity contribution in [3.05, 3.63) is 33.0 Å². The van der Waals surface area contributed by atoms with Crippen LogP contribution in [0.5, 0.6) is 0 Å². The number of carboxylic acids is 1. The predicted molar refractivity (Wildman–Crippen MR) is 51.7 cm³/mol. The van der Waals surface area contributed by atoms with Crippen molar-refractivity contribution < 1.29 is 19.4 Å². The van der Waals surface area contributed by atoms with Crippen LogP contribution >= 0.6 is 27.5 Å². The van der Waals surface area contributed by atoms with E-state index in [0.717, 1.165) is 6.07 Å². The normalized spacial score (nSPS) is 12.6. The minimum absolute atomic E-state index is 0.00632. The molecule has 3 nitrogen and oxygen atoms in total. The third-order valence-corrected chi connectivity index (χ3v) is 2.50. The van der Waals surface area contributed by atoms with E-state index in [1.807, 2.05) is 0 Å². The molecule has 2 N–H and O–H groups in total. The van der Waals surface area contributed by atoms with Gasteiger partial charge in [-0.05, 0) is 28.1 Å². The maximum Gasteiger partial charge on any atom is 0.337 e. The van der Waals surface area contributed by atoms with Crippen molar-refractivity contribution in [3.63, 3.8) is 0 Å². The highest BCUT2D eigenvalue weighted by molar-refractivity contribution is 9.10. The highest BCUT2D eigenvalue weighted by Gasteiger charge is 2.20. The minimum Gasteiger partial charge on any atom is -0.479 e. The monoisotopic (exact) mass is 282 g/mol. The van der Waals surface area contributed by atoms with Crippen LogP contribution in [-0.4, -0.2) is 16.2 Å². The Morgan fingerprint density at radius 1 is 1.57 bits per heavy atom. The minimum atomic E-state index is -1.81. The summed E-state index contributed by atoms with van der Waals surface area (Å²) in [5, 5.41) is 17.6. The van der Waals surface area contributed by atoms with E-state index < -0.39 is 17.9 Å². The second-order valence-corrected chi connectivity index (χ2v) is 3.79. The molecule has 1 aromatic rings. The van der Waals surface area contributed by atoms with Gasteiger partial charge < -0.3 is 10.2 Å². The SMILES string of the molecule is O=C(O)C(O)c1cc(F)c(Br)cc1Cl. The van der Waals surface area contributed by atoms with E-state index >= 15 is 0 Å². The Kier molecular flexibility index (Phi) is 3.47. The quantitative estimate of drug-likeness (QED) is 0.819. The van der Waals surface area contributed by atoms with Crippen molar-refractivity contribution in [1.82, 2.24) is 0 Å². The van der Waals surface area contributed by atoms with Crippen LogP contribution in [0.4, 0.5) is 4.39 Å². The number of carboxylic acid groups (broad SMARTS) is 1. The molecule has 0 bridgehead atoms. The lowest BCUT2D eigenvalue weighted by atomic mass is 10.1. The maximum absolute atomic E-state index is 13.0. The van der Waals surface area contributed by atoms with Crippen molar-refractivity contribution in [3.8, 4) is 0 Å². The van der Waals surface area contributed by atoms with Gasteiger partial charge in [-0.25, -0.2) is 9.18 Å². The molecule has 1 rings (SSSR count). The number of aliphatic hydroxyl groups excluding tert-OH is 1. The van der Waals surface area contributed by atoms with Gasteiger partial charge in [-0.2, -0.15) is 0 Å². The standard InChI is InChI=1S/C8H5BrClFO3/c9-4-2-5(10)3(1-6(4)11)7(12)8(13)14/h1-2,7,12H,(H,13,14). The topological polar surface area (TPSA) is 57.5 Å². The molecule has 1 atom stereocenters. The Morgan fingerprint density at radius 3 is 2.64 bits per heavy atom. The number of benzene rings is 1. The van der Waals surface area contributed by atoms with Gasteiger partial charge in [0.25, 0.3) is 0 Å². The lowest BCUT2D eigenvalue weighted by Gasteiger charge is -2.08. The Morgan fingerprint density at radius 2 is 2.14 bits per heavy atom. The number of aliphatic hydroxyl groups is 1. The summed E-state index contributed by atoms with van der Waals surface area (Å²) < 4.78 is 13.1. The van der Waals surface area contributed by atoms with Crippen LogP contribution in [0.25, 0.3) is 0 Å². The summed E-state index contributed by atoms with van der Waals surface area (Å²) in [4.78, 5) is 10.4. The van der Waals surface area contributed by atoms with Gasteiger partial charge in [-0.1, -0.05) is 11.6 Å². The van der Waals surface area contributed by atoms with Gasteiger partial charge in [0.05, 0.1) is 4.47 Å². The van der Waals surface area contributed by atoms with Gasteiger partial charge in [0, 0.05) is 10.6 Å². The zero-order chi connectivity index (χ0) is 10.9. The van der Waals surface area contributed by atoms with Crippen LogP contribution in [0.3, 0.4) is 0 Å². The summed E-state index contributed by atoms with van der Waals surface area (Å²) in [6.45, 7) is 0. The molecule has 1 unspecified atom stereocenters. The molecule has 0 heterocycles. The summed E-state index contributed by atoms with van der Waals surface area (Å²) >= 11 is 8.50. The Labute approximate surface area is 92.2 Å². The van der Waals surface area contributed by atoms with E-state index in [2.05, 4.69) is 15.9 Å². The van der Waals surface area contributed by atoms with Crippen molar-refractivity contribution in [2.24, 2.45) is 0 Å². The van der Waals surface area contributed by atoms with Gasteiger partial charge in [-0.15, -0.1) is 0 Å². The third-order valence-electron chi connectivity index (χ3n) is 1.57. The first-order valence-electron chi connectivity index (χ1n) is 3.48. The summed E-state index contributed by atoms with van der Waals surface area (Å²) in [6.07, 6.45) is -1.81. The molecule has 0 amide bonds. The van der Waals surface area contributed by atoms with Crippen LogP contribution < -0.4 is 0 Å². The molecule has 6 heteroatoms. The van der Waals surface area contributed by atoms with Crippen molar-refractivity contribution in [2.45, 2.75) is 6.10 Å². The van der Waals surface area contributed by atoms with Gasteiger partial charge in [0.1, 0.15) is 5.82 Å². The van der Waals surface area contributed by atoms with Crippen molar-refractivity contribution >= 4 is 33.5 Å². The predicted octanol–water partition coefficient (Wildman–Crippen LogP) is 2.36. The third kappa shape index (κ3) is 2.23. The molecular formula is C8H5BrClFO3. The van der Waals surface area contributed by atoms with Crippen molar-refractivity contribution in [1.29, 1.82) is 0 Å². The zero-order valence-electron chi connectivity index (χ0n) is 6.67. The molecule has 0 fully saturated rings. The average Bonchev–Trinajstić information content (AvgIpc) is 2.10. The van der Waals surface area contributed by atoms with E-state index in [0.29, 0.717) is 0 Å². The molecule has 0 aliphatic heterocycles. The van der Waals surface area contributed by atoms with E-state index in [4.69, 9.17) is 21.8 Å². The van der Waals surface area contributed by atoms with Gasteiger partial charge in [0.15, 0.2) is 6.10 Å². The van der Waals surface area contributed by atoms with Gasteiger partial charge in [0.2, 0.25) is 0 Å². The highest BCUT2D eigenvalue weighted by Crippen LogP contribution is 2.28. The van der Waals surface area contributed by atoms with E-state index in [9.17, 15) is 9.18 Å². The van der Waals surface area contributed by atoms with Crippen LogP contribution in [0.1, 0.15) is 11.7 Å². The first-order valence-corrected chi connectivity index (χ1v) is 4.66. The molecule has 76 valence electrons. The molecule has 0 aromatic heterocycles. The number of hydrogen-bond acceptors (Lipinski definition) is 2. The summed E-state index contributed by atoms with van der Waals surface area (Å²) in [5.74, 6) is -2.15. The first kappa shape index (κ1) is 11.4. The number of hydrogen-bond donors (Lipinski definition) is 2. The first-order chi connectivity index (χ1) is 6.43. The molecule has 0 saturated heterocycles. The summed E-state index contributed by atoms with van der Waals surface area (Å²) in [5.41, 5.74) is -0.167. The summed E-state index contributed by atoms with van der Waals surface area (Å²) in [6, 6.07) is 2.07. The second-order valence-electron chi connectivity index (χ2n) is 2.53. The molecule has 0 aliphatic rings. The fraction of sp³-hybridized carbons (Fsp3) is 0.125. The Bertz CT molecular complexity index is 383. The van der Waals surface area contributed by atoms with Gasteiger partial charge >= 0.3 is 5.97 Å². The average molecular weight is 283 g/mol. The largest absolute Gasteiger partial charge is 0.479 e. The maximum atomic E-state index is 13.0. The molecule has 1 aromatic carbocycles. The molecular weight excluding hydrogens is 278 g/mol. The fourth-order valence-electron chi connectivity index (χ4n) is 0.881. The van der Waals surface area contributed by atoms with E-state index in [1.165, 1.54) is 6.07 Å². The van der Waals surface area contributed by atoms with Crippen LogP contribution in [0, 0.1) is 5.82 Å². The van der Waals surface area contributed by atoms with Gasteiger partial charge in [-0.3, -0.25) is 0 Å². The number of rotatable bonds is 2. The number of aliphatic carboxylic acids is 1. The van der Waals surface area contributed by atoms with E-state index in [-0.39, 0.29) is 15.1 Å². The van der Waals surface area contributed by atoms with Crippen LogP contribution in [0.2, 0.25) is 5.02 Å². The highest BCUT2D eigenvalue weighted by atomic mass is 79.9. The molecule has 0 radical (unpaired) electrons. The lowest BCUT2D eigenvalue weighted by molar-refractivity contribution is -0.146. The molecule has 0 saturated carbocycles. The molecule has 14 heavy (non-hydrogen) atoms. The number of halogens is 3. The second kappa shape index (κ2) is 4.25. The van der Waals surface area contributed by atoms with E-state index in [1.54, 1.807) is 0 Å². The van der Waals surface area contributed by atoms with Crippen LogP contribution in [-0.2, 0) is 4.79 Å². The fourth-order valence-corrected chi connectivity index (χ4v) is 1.62. The Balaban J connectivity index is 3.22. The lowest BCUT2D eigenvalue weighted by Crippen LogP contribution is -2.11. The molecule has 0 spiro atoms. The number of carbonyl (C=O) groups is 1. The molecule has 0 aliphatic carbocycles. The Hall–Kier alpha value is -0.650.